The highest BCUT2D eigenvalue weighted by Gasteiger charge is 2.15. The molecule has 2 nitrogen and oxygen atoms in total. The Morgan fingerprint density at radius 1 is 1.18 bits per heavy atom. The minimum atomic E-state index is -0.229. The highest BCUT2D eigenvalue weighted by molar-refractivity contribution is 9.10. The van der Waals surface area contributed by atoms with Crippen molar-refractivity contribution in [2.75, 3.05) is 7.11 Å². The first-order chi connectivity index (χ1) is 8.11. The van der Waals surface area contributed by atoms with Crippen LogP contribution in [0.15, 0.2) is 40.9 Å². The van der Waals surface area contributed by atoms with Crippen LogP contribution in [-0.4, -0.2) is 13.1 Å². The summed E-state index contributed by atoms with van der Waals surface area (Å²) in [6, 6.07) is 12.1. The topological polar surface area (TPSA) is 26.3 Å². The van der Waals surface area contributed by atoms with Crippen molar-refractivity contribution < 1.29 is 9.53 Å². The van der Waals surface area contributed by atoms with E-state index in [2.05, 4.69) is 22.0 Å². The summed E-state index contributed by atoms with van der Waals surface area (Å²) in [6.07, 6.45) is 0. The molecule has 0 saturated heterocycles. The summed E-state index contributed by atoms with van der Waals surface area (Å²) in [4.78, 5) is 11.5. The molecule has 88 valence electrons. The Hall–Kier alpha value is -1.35. The second-order valence-electron chi connectivity index (χ2n) is 4.00. The van der Waals surface area contributed by atoms with Gasteiger partial charge in [-0.25, -0.2) is 0 Å². The first kappa shape index (κ1) is 12.1. The smallest absolute Gasteiger partial charge is 0.312 e. The molecule has 0 aliphatic carbocycles. The summed E-state index contributed by atoms with van der Waals surface area (Å²) < 4.78 is 5.81. The fourth-order valence-electron chi connectivity index (χ4n) is 1.82. The van der Waals surface area contributed by atoms with Crippen molar-refractivity contribution in [1.82, 2.24) is 0 Å². The number of hydrogen-bond acceptors (Lipinski definition) is 2. The Morgan fingerprint density at radius 2 is 1.82 bits per heavy atom. The summed E-state index contributed by atoms with van der Waals surface area (Å²) in [5, 5.41) is 2.28. The van der Waals surface area contributed by atoms with Crippen LogP contribution < -0.4 is 0 Å². The van der Waals surface area contributed by atoms with Crippen LogP contribution in [0.4, 0.5) is 0 Å². The Bertz CT molecular complexity index is 563. The molecule has 0 aliphatic heterocycles. The van der Waals surface area contributed by atoms with E-state index in [-0.39, 0.29) is 11.9 Å². The molecule has 2 rings (SSSR count). The van der Waals surface area contributed by atoms with Gasteiger partial charge in [-0.15, -0.1) is 0 Å². The third-order valence-electron chi connectivity index (χ3n) is 2.88. The SMILES string of the molecule is COC(=O)C(C)c1ccc2cc(Br)ccc2c1. The average Bonchev–Trinajstić information content (AvgIpc) is 2.36. The molecule has 0 bridgehead atoms. The van der Waals surface area contributed by atoms with E-state index in [1.54, 1.807) is 0 Å². The zero-order chi connectivity index (χ0) is 12.4. The van der Waals surface area contributed by atoms with Gasteiger partial charge in [0.15, 0.2) is 0 Å². The highest BCUT2D eigenvalue weighted by Crippen LogP contribution is 2.24. The Balaban J connectivity index is 2.44. The molecule has 17 heavy (non-hydrogen) atoms. The lowest BCUT2D eigenvalue weighted by molar-refractivity contribution is -0.141. The van der Waals surface area contributed by atoms with Crippen LogP contribution in [0, 0.1) is 0 Å². The quantitative estimate of drug-likeness (QED) is 0.785. The Morgan fingerprint density at radius 3 is 2.53 bits per heavy atom. The van der Waals surface area contributed by atoms with E-state index in [0.29, 0.717) is 0 Å². The monoisotopic (exact) mass is 292 g/mol. The number of rotatable bonds is 2. The largest absolute Gasteiger partial charge is 0.469 e. The zero-order valence-corrected chi connectivity index (χ0v) is 11.3. The maximum atomic E-state index is 11.5. The van der Waals surface area contributed by atoms with Crippen molar-refractivity contribution in [3.8, 4) is 0 Å². The van der Waals surface area contributed by atoms with E-state index in [4.69, 9.17) is 4.74 Å². The van der Waals surface area contributed by atoms with Gasteiger partial charge in [0.25, 0.3) is 0 Å². The Labute approximate surface area is 109 Å². The number of benzene rings is 2. The van der Waals surface area contributed by atoms with Crippen LogP contribution in [0.2, 0.25) is 0 Å². The minimum absolute atomic E-state index is 0.207. The lowest BCUT2D eigenvalue weighted by atomic mass is 9.98. The molecule has 2 aromatic carbocycles. The number of hydrogen-bond donors (Lipinski definition) is 0. The van der Waals surface area contributed by atoms with E-state index < -0.39 is 0 Å². The molecule has 0 aliphatic rings. The van der Waals surface area contributed by atoms with Gasteiger partial charge in [0.2, 0.25) is 0 Å². The molecule has 0 N–H and O–H groups in total. The lowest BCUT2D eigenvalue weighted by Gasteiger charge is -2.10. The molecule has 0 saturated carbocycles. The van der Waals surface area contributed by atoms with Gasteiger partial charge >= 0.3 is 5.97 Å². The predicted molar refractivity (Wildman–Crippen MR) is 72.1 cm³/mol. The number of esters is 1. The third-order valence-corrected chi connectivity index (χ3v) is 3.37. The van der Waals surface area contributed by atoms with Gasteiger partial charge in [-0.3, -0.25) is 4.79 Å². The molecule has 0 heterocycles. The van der Waals surface area contributed by atoms with E-state index in [0.717, 1.165) is 20.8 Å². The molecule has 3 heteroatoms. The maximum absolute atomic E-state index is 11.5. The fourth-order valence-corrected chi connectivity index (χ4v) is 2.20. The molecule has 1 atom stereocenters. The molecule has 0 amide bonds. The summed E-state index contributed by atoms with van der Waals surface area (Å²) in [6.45, 7) is 1.85. The third kappa shape index (κ3) is 2.50. The van der Waals surface area contributed by atoms with E-state index >= 15 is 0 Å². The molecule has 0 fully saturated rings. The molecule has 2 aromatic rings. The van der Waals surface area contributed by atoms with Gasteiger partial charge < -0.3 is 4.74 Å². The number of fused-ring (bicyclic) bond motifs is 1. The van der Waals surface area contributed by atoms with Gasteiger partial charge in [0.1, 0.15) is 0 Å². The van der Waals surface area contributed by atoms with Crippen LogP contribution in [-0.2, 0) is 9.53 Å². The van der Waals surface area contributed by atoms with Crippen molar-refractivity contribution in [3.05, 3.63) is 46.4 Å². The van der Waals surface area contributed by atoms with E-state index in [1.165, 1.54) is 7.11 Å². The zero-order valence-electron chi connectivity index (χ0n) is 9.74. The van der Waals surface area contributed by atoms with Crippen molar-refractivity contribution in [2.45, 2.75) is 12.8 Å². The van der Waals surface area contributed by atoms with Crippen molar-refractivity contribution in [3.63, 3.8) is 0 Å². The fraction of sp³-hybridized carbons (Fsp3) is 0.214. The molecule has 0 aromatic heterocycles. The average molecular weight is 293 g/mol. The first-order valence-electron chi connectivity index (χ1n) is 5.39. The summed E-state index contributed by atoms with van der Waals surface area (Å²) >= 11 is 3.44. The van der Waals surface area contributed by atoms with E-state index in [9.17, 15) is 4.79 Å². The van der Waals surface area contributed by atoms with Crippen LogP contribution in [0.1, 0.15) is 18.4 Å². The highest BCUT2D eigenvalue weighted by atomic mass is 79.9. The normalized spacial score (nSPS) is 12.4. The second-order valence-corrected chi connectivity index (χ2v) is 4.91. The van der Waals surface area contributed by atoms with Gasteiger partial charge in [-0.05, 0) is 35.4 Å². The first-order valence-corrected chi connectivity index (χ1v) is 6.18. The maximum Gasteiger partial charge on any atom is 0.312 e. The number of halogens is 1. The van der Waals surface area contributed by atoms with Gasteiger partial charge in [-0.1, -0.05) is 40.2 Å². The van der Waals surface area contributed by atoms with E-state index in [1.807, 2.05) is 37.3 Å². The minimum Gasteiger partial charge on any atom is -0.469 e. The number of carbonyl (C=O) groups is 1. The van der Waals surface area contributed by atoms with Gasteiger partial charge in [-0.2, -0.15) is 0 Å². The standard InChI is InChI=1S/C14H13BrO2/c1-9(14(16)17-2)10-3-4-12-8-13(15)6-5-11(12)7-10/h3-9H,1-2H3. The van der Waals surface area contributed by atoms with Crippen molar-refractivity contribution >= 4 is 32.7 Å². The van der Waals surface area contributed by atoms with Crippen LogP contribution in [0.25, 0.3) is 10.8 Å². The summed E-state index contributed by atoms with van der Waals surface area (Å²) in [5.41, 5.74) is 0.978. The van der Waals surface area contributed by atoms with Crippen molar-refractivity contribution in [1.29, 1.82) is 0 Å². The molecule has 1 unspecified atom stereocenters. The second kappa shape index (κ2) is 4.88. The molecule has 0 spiro atoms. The van der Waals surface area contributed by atoms with Crippen LogP contribution in [0.3, 0.4) is 0 Å². The summed E-state index contributed by atoms with van der Waals surface area (Å²) in [5.74, 6) is -0.436. The van der Waals surface area contributed by atoms with Crippen LogP contribution >= 0.6 is 15.9 Å². The van der Waals surface area contributed by atoms with Gasteiger partial charge in [0, 0.05) is 4.47 Å². The lowest BCUT2D eigenvalue weighted by Crippen LogP contribution is -2.10. The summed E-state index contributed by atoms with van der Waals surface area (Å²) in [7, 11) is 1.41. The molecule has 0 radical (unpaired) electrons. The molecular weight excluding hydrogens is 280 g/mol. The van der Waals surface area contributed by atoms with Crippen LogP contribution in [0.5, 0.6) is 0 Å². The molecular formula is C14H13BrO2. The van der Waals surface area contributed by atoms with Crippen molar-refractivity contribution in [2.24, 2.45) is 0 Å². The predicted octanol–water partition coefficient (Wildman–Crippen LogP) is 3.88. The Kier molecular flexibility index (Phi) is 3.48. The number of carbonyl (C=O) groups excluding carboxylic acids is 1. The number of ether oxygens (including phenoxy) is 1. The van der Waals surface area contributed by atoms with Gasteiger partial charge in [0.05, 0.1) is 13.0 Å². The number of methoxy groups -OCH3 is 1.